The first-order valence-electron chi connectivity index (χ1n) is 8.76. The van der Waals surface area contributed by atoms with Gasteiger partial charge in [-0.3, -0.25) is 9.59 Å². The minimum Gasteiger partial charge on any atom is -0.502 e. The molecule has 0 spiro atoms. The lowest BCUT2D eigenvalue weighted by atomic mass is 10.2. The lowest BCUT2D eigenvalue weighted by molar-refractivity contribution is -0.121. The van der Waals surface area contributed by atoms with Crippen molar-refractivity contribution in [2.45, 2.75) is 12.8 Å². The molecule has 0 unspecified atom stereocenters. The fourth-order valence-electron chi connectivity index (χ4n) is 2.69. The molecule has 1 aromatic heterocycles. The molecule has 1 amide bonds. The molecule has 150 valence electrons. The zero-order valence-corrected chi connectivity index (χ0v) is 15.9. The molecule has 0 saturated heterocycles. The van der Waals surface area contributed by atoms with E-state index in [0.717, 1.165) is 0 Å². The Bertz CT molecular complexity index is 1100. The maximum absolute atomic E-state index is 12.1. The van der Waals surface area contributed by atoms with Crippen molar-refractivity contribution in [1.29, 1.82) is 0 Å². The number of ether oxygens (including phenoxy) is 2. The predicted octanol–water partition coefficient (Wildman–Crippen LogP) is 1.73. The molecular weight excluding hydrogens is 376 g/mol. The number of fused-ring (bicyclic) bond motifs is 1. The van der Waals surface area contributed by atoms with Crippen molar-refractivity contribution in [3.05, 3.63) is 58.0 Å². The van der Waals surface area contributed by atoms with Crippen LogP contribution in [0, 0.1) is 0 Å². The number of phenols is 1. The van der Waals surface area contributed by atoms with Gasteiger partial charge in [-0.05, 0) is 24.3 Å². The van der Waals surface area contributed by atoms with Crippen molar-refractivity contribution in [2.75, 3.05) is 14.2 Å². The van der Waals surface area contributed by atoms with Crippen LogP contribution in [0.5, 0.6) is 17.2 Å². The summed E-state index contributed by atoms with van der Waals surface area (Å²) in [6, 6.07) is 10.3. The zero-order chi connectivity index (χ0) is 20.8. The Morgan fingerprint density at radius 1 is 1.24 bits per heavy atom. The minimum absolute atomic E-state index is 0.0496. The van der Waals surface area contributed by atoms with Crippen LogP contribution < -0.4 is 20.5 Å². The lowest BCUT2D eigenvalue weighted by Gasteiger charge is -2.09. The Morgan fingerprint density at radius 2 is 1.93 bits per heavy atom. The number of carbonyl (C=O) groups is 1. The second-order valence-electron chi connectivity index (χ2n) is 6.10. The van der Waals surface area contributed by atoms with Gasteiger partial charge < -0.3 is 19.6 Å². The third-order valence-corrected chi connectivity index (χ3v) is 4.16. The summed E-state index contributed by atoms with van der Waals surface area (Å²) in [5.41, 5.74) is 4.24. The SMILES string of the molecule is COc1cc(/C=N\NC(=O)CCc2nc3ccccc3[nH]c2=O)cc(OC)c1O. The smallest absolute Gasteiger partial charge is 0.270 e. The Balaban J connectivity index is 1.62. The number of carbonyl (C=O) groups excluding carboxylic acids is 1. The number of aromatic nitrogens is 2. The number of nitrogens with zero attached hydrogens (tertiary/aromatic N) is 2. The molecule has 2 aromatic carbocycles. The number of nitrogens with one attached hydrogen (secondary N) is 2. The highest BCUT2D eigenvalue weighted by atomic mass is 16.5. The van der Waals surface area contributed by atoms with Crippen LogP contribution >= 0.6 is 0 Å². The molecule has 3 aromatic rings. The predicted molar refractivity (Wildman–Crippen MR) is 108 cm³/mol. The molecule has 1 heterocycles. The molecule has 0 bridgehead atoms. The number of aryl methyl sites for hydroxylation is 1. The number of amides is 1. The maximum atomic E-state index is 12.1. The molecule has 0 aliphatic rings. The van der Waals surface area contributed by atoms with E-state index in [-0.39, 0.29) is 47.3 Å². The van der Waals surface area contributed by atoms with Crippen LogP contribution in [0.4, 0.5) is 0 Å². The van der Waals surface area contributed by atoms with Gasteiger partial charge in [-0.25, -0.2) is 10.4 Å². The van der Waals surface area contributed by atoms with Crippen molar-refractivity contribution < 1.29 is 19.4 Å². The van der Waals surface area contributed by atoms with E-state index in [9.17, 15) is 14.7 Å². The lowest BCUT2D eigenvalue weighted by Crippen LogP contribution is -2.21. The van der Waals surface area contributed by atoms with Gasteiger partial charge in [0, 0.05) is 18.4 Å². The number of benzene rings is 2. The summed E-state index contributed by atoms with van der Waals surface area (Å²) < 4.78 is 10.1. The van der Waals surface area contributed by atoms with Crippen LogP contribution in [0.3, 0.4) is 0 Å². The van der Waals surface area contributed by atoms with Gasteiger partial charge in [-0.1, -0.05) is 12.1 Å². The third kappa shape index (κ3) is 4.70. The summed E-state index contributed by atoms with van der Waals surface area (Å²) in [6.07, 6.45) is 1.62. The molecule has 3 N–H and O–H groups in total. The fraction of sp³-hybridized carbons (Fsp3) is 0.200. The summed E-state index contributed by atoms with van der Waals surface area (Å²) in [5, 5.41) is 13.8. The van der Waals surface area contributed by atoms with Crippen LogP contribution in [0.15, 0.2) is 46.3 Å². The zero-order valence-electron chi connectivity index (χ0n) is 15.9. The van der Waals surface area contributed by atoms with Gasteiger partial charge in [0.05, 0.1) is 31.5 Å². The van der Waals surface area contributed by atoms with E-state index in [1.54, 1.807) is 24.3 Å². The molecular formula is C20H20N4O5. The average molecular weight is 396 g/mol. The molecule has 0 radical (unpaired) electrons. The highest BCUT2D eigenvalue weighted by Crippen LogP contribution is 2.36. The number of aromatic hydroxyl groups is 1. The molecule has 9 nitrogen and oxygen atoms in total. The monoisotopic (exact) mass is 396 g/mol. The molecule has 0 saturated carbocycles. The Hall–Kier alpha value is -3.88. The van der Waals surface area contributed by atoms with Crippen LogP contribution in [-0.4, -0.2) is 41.4 Å². The molecule has 3 rings (SSSR count). The second-order valence-corrected chi connectivity index (χ2v) is 6.10. The number of aromatic amines is 1. The van der Waals surface area contributed by atoms with E-state index in [1.807, 2.05) is 12.1 Å². The van der Waals surface area contributed by atoms with Crippen LogP contribution in [0.25, 0.3) is 11.0 Å². The summed E-state index contributed by atoms with van der Waals surface area (Å²) in [7, 11) is 2.83. The normalized spacial score (nSPS) is 11.0. The molecule has 0 fully saturated rings. The van der Waals surface area contributed by atoms with Crippen molar-refractivity contribution in [1.82, 2.24) is 15.4 Å². The van der Waals surface area contributed by atoms with Crippen LogP contribution in [-0.2, 0) is 11.2 Å². The number of rotatable bonds is 7. The number of para-hydroxylation sites is 2. The van der Waals surface area contributed by atoms with Gasteiger partial charge in [0.25, 0.3) is 5.56 Å². The molecule has 0 aliphatic carbocycles. The van der Waals surface area contributed by atoms with E-state index >= 15 is 0 Å². The first-order valence-corrected chi connectivity index (χ1v) is 8.76. The van der Waals surface area contributed by atoms with Crippen LogP contribution in [0.1, 0.15) is 17.7 Å². The standard InChI is InChI=1S/C20H20N4O5/c1-28-16-9-12(10-17(29-2)19(16)26)11-21-24-18(25)8-7-15-20(27)23-14-6-4-3-5-13(14)22-15/h3-6,9-11,26H,7-8H2,1-2H3,(H,23,27)(H,24,25)/b21-11-. The number of H-pyrrole nitrogens is 1. The number of hydrogen-bond acceptors (Lipinski definition) is 7. The quantitative estimate of drug-likeness (QED) is 0.412. The van der Waals surface area contributed by atoms with Gasteiger partial charge >= 0.3 is 0 Å². The highest BCUT2D eigenvalue weighted by Gasteiger charge is 2.11. The average Bonchev–Trinajstić information content (AvgIpc) is 2.73. The largest absolute Gasteiger partial charge is 0.502 e. The van der Waals surface area contributed by atoms with Gasteiger partial charge in [0.1, 0.15) is 5.69 Å². The van der Waals surface area contributed by atoms with Gasteiger partial charge in [-0.15, -0.1) is 0 Å². The number of hydrogen-bond donors (Lipinski definition) is 3. The first kappa shape index (κ1) is 19.9. The number of methoxy groups -OCH3 is 2. The van der Waals surface area contributed by atoms with E-state index in [0.29, 0.717) is 16.6 Å². The van der Waals surface area contributed by atoms with E-state index in [2.05, 4.69) is 20.5 Å². The highest BCUT2D eigenvalue weighted by molar-refractivity contribution is 5.84. The van der Waals surface area contributed by atoms with Gasteiger partial charge in [0.2, 0.25) is 11.7 Å². The number of phenolic OH excluding ortho intramolecular Hbond substituents is 1. The van der Waals surface area contributed by atoms with Crippen molar-refractivity contribution in [2.24, 2.45) is 5.10 Å². The van der Waals surface area contributed by atoms with Crippen molar-refractivity contribution in [3.63, 3.8) is 0 Å². The molecule has 0 aliphatic heterocycles. The summed E-state index contributed by atoms with van der Waals surface area (Å²) in [4.78, 5) is 31.2. The van der Waals surface area contributed by atoms with Gasteiger partial charge in [0.15, 0.2) is 11.5 Å². The molecule has 0 atom stereocenters. The Kier molecular flexibility index (Phi) is 6.08. The Labute approximate surface area is 166 Å². The van der Waals surface area contributed by atoms with Crippen LogP contribution in [0.2, 0.25) is 0 Å². The fourth-order valence-corrected chi connectivity index (χ4v) is 2.69. The summed E-state index contributed by atoms with van der Waals surface area (Å²) >= 11 is 0. The van der Waals surface area contributed by atoms with Gasteiger partial charge in [-0.2, -0.15) is 5.10 Å². The maximum Gasteiger partial charge on any atom is 0.270 e. The molecule has 29 heavy (non-hydrogen) atoms. The van der Waals surface area contributed by atoms with Crippen molar-refractivity contribution in [3.8, 4) is 17.2 Å². The summed E-state index contributed by atoms with van der Waals surface area (Å²) in [5.74, 6) is -0.0462. The number of hydrazone groups is 1. The van der Waals surface area contributed by atoms with E-state index in [4.69, 9.17) is 9.47 Å². The van der Waals surface area contributed by atoms with E-state index < -0.39 is 0 Å². The second kappa shape index (κ2) is 8.87. The molecule has 9 heteroatoms. The summed E-state index contributed by atoms with van der Waals surface area (Å²) in [6.45, 7) is 0. The third-order valence-electron chi connectivity index (χ3n) is 4.16. The minimum atomic E-state index is -0.367. The van der Waals surface area contributed by atoms with E-state index in [1.165, 1.54) is 20.4 Å². The Morgan fingerprint density at radius 3 is 2.62 bits per heavy atom. The van der Waals surface area contributed by atoms with Crippen molar-refractivity contribution >= 4 is 23.2 Å². The topological polar surface area (TPSA) is 126 Å². The first-order chi connectivity index (χ1) is 14.0.